The summed E-state index contributed by atoms with van der Waals surface area (Å²) in [6.45, 7) is 4.36. The summed E-state index contributed by atoms with van der Waals surface area (Å²) in [6, 6.07) is 14.6. The first-order chi connectivity index (χ1) is 14.5. The van der Waals surface area contributed by atoms with Crippen molar-refractivity contribution in [3.8, 4) is 5.75 Å². The predicted molar refractivity (Wildman–Crippen MR) is 117 cm³/mol. The van der Waals surface area contributed by atoms with Gasteiger partial charge in [-0.1, -0.05) is 42.5 Å². The van der Waals surface area contributed by atoms with Crippen molar-refractivity contribution in [2.24, 2.45) is 0 Å². The molecular formula is C22H26N4O4. The number of hydrogen-bond acceptors (Lipinski definition) is 6. The first-order valence-corrected chi connectivity index (χ1v) is 9.84. The molecule has 1 aliphatic heterocycles. The molecule has 0 bridgehead atoms. The Morgan fingerprint density at radius 2 is 1.83 bits per heavy atom. The Kier molecular flexibility index (Phi) is 7.53. The second kappa shape index (κ2) is 10.5. The molecule has 1 fully saturated rings. The van der Waals surface area contributed by atoms with Gasteiger partial charge in [-0.3, -0.25) is 24.7 Å². The van der Waals surface area contributed by atoms with Crippen molar-refractivity contribution < 1.29 is 14.5 Å². The van der Waals surface area contributed by atoms with Crippen molar-refractivity contribution in [3.63, 3.8) is 0 Å². The molecule has 0 radical (unpaired) electrons. The van der Waals surface area contributed by atoms with Gasteiger partial charge in [0.25, 0.3) is 5.69 Å². The normalized spacial score (nSPS) is 15.2. The van der Waals surface area contributed by atoms with Crippen LogP contribution in [0.25, 0.3) is 6.08 Å². The number of hydrogen-bond donors (Lipinski definition) is 1. The molecular weight excluding hydrogens is 384 g/mol. The maximum absolute atomic E-state index is 12.4. The maximum Gasteiger partial charge on any atom is 0.296 e. The van der Waals surface area contributed by atoms with Crippen LogP contribution in [0.1, 0.15) is 5.56 Å². The quantitative estimate of drug-likeness (QED) is 0.532. The van der Waals surface area contributed by atoms with Crippen LogP contribution in [0.3, 0.4) is 0 Å². The largest absolute Gasteiger partial charge is 0.496 e. The van der Waals surface area contributed by atoms with Gasteiger partial charge >= 0.3 is 0 Å². The fraction of sp³-hybridized carbons (Fsp3) is 0.318. The summed E-state index contributed by atoms with van der Waals surface area (Å²) in [5.74, 6) is 0.109. The van der Waals surface area contributed by atoms with Crippen molar-refractivity contribution in [3.05, 3.63) is 70.3 Å². The van der Waals surface area contributed by atoms with Gasteiger partial charge < -0.3 is 10.1 Å². The molecule has 3 rings (SSSR count). The second-order valence-corrected chi connectivity index (χ2v) is 7.08. The number of carbonyl (C=O) groups excluding carboxylic acids is 1. The van der Waals surface area contributed by atoms with E-state index in [2.05, 4.69) is 39.4 Å². The number of piperazine rings is 1. The summed E-state index contributed by atoms with van der Waals surface area (Å²) in [5.41, 5.74) is 1.17. The molecule has 0 spiro atoms. The number of ether oxygens (including phenoxy) is 1. The third-order valence-electron chi connectivity index (χ3n) is 4.98. The van der Waals surface area contributed by atoms with E-state index in [4.69, 9.17) is 4.74 Å². The average molecular weight is 410 g/mol. The summed E-state index contributed by atoms with van der Waals surface area (Å²) in [6.07, 6.45) is 4.27. The van der Waals surface area contributed by atoms with Crippen LogP contribution in [-0.4, -0.2) is 67.0 Å². The third-order valence-corrected chi connectivity index (χ3v) is 4.98. The van der Waals surface area contributed by atoms with E-state index < -0.39 is 4.92 Å². The number of nitrogens with one attached hydrogen (secondary N) is 1. The fourth-order valence-corrected chi connectivity index (χ4v) is 3.32. The second-order valence-electron chi connectivity index (χ2n) is 7.08. The fourth-order valence-electron chi connectivity index (χ4n) is 3.32. The topological polar surface area (TPSA) is 88.0 Å². The molecule has 8 nitrogen and oxygen atoms in total. The summed E-state index contributed by atoms with van der Waals surface area (Å²) in [5, 5.41) is 13.9. The molecule has 158 valence electrons. The smallest absolute Gasteiger partial charge is 0.296 e. The molecule has 1 saturated heterocycles. The number of carbonyl (C=O) groups is 1. The van der Waals surface area contributed by atoms with E-state index >= 15 is 0 Å². The highest BCUT2D eigenvalue weighted by molar-refractivity contribution is 5.94. The Morgan fingerprint density at radius 1 is 1.13 bits per heavy atom. The number of nitro benzene ring substituents is 1. The number of rotatable bonds is 8. The standard InChI is InChI=1S/C22H26N4O4/c1-30-19-9-10-20(21(16-19)26(28)29)23-22(27)17-25-14-12-24(13-15-25)11-5-8-18-6-3-2-4-7-18/h2-10,16H,11-15,17H2,1H3,(H,23,27)/b8-5+. The zero-order valence-electron chi connectivity index (χ0n) is 17.0. The van der Waals surface area contributed by atoms with Crippen LogP contribution in [0.15, 0.2) is 54.6 Å². The monoisotopic (exact) mass is 410 g/mol. The molecule has 1 aliphatic rings. The van der Waals surface area contributed by atoms with E-state index in [-0.39, 0.29) is 23.8 Å². The summed E-state index contributed by atoms with van der Waals surface area (Å²) in [7, 11) is 1.44. The molecule has 1 N–H and O–H groups in total. The molecule has 0 atom stereocenters. The highest BCUT2D eigenvalue weighted by Crippen LogP contribution is 2.28. The molecule has 8 heteroatoms. The van der Waals surface area contributed by atoms with Crippen LogP contribution in [0.5, 0.6) is 5.75 Å². The number of amides is 1. The predicted octanol–water partition coefficient (Wildman–Crippen LogP) is 2.87. The Labute approximate surface area is 175 Å². The van der Waals surface area contributed by atoms with Gasteiger partial charge in [0.15, 0.2) is 0 Å². The molecule has 0 aliphatic carbocycles. The van der Waals surface area contributed by atoms with Gasteiger partial charge in [-0.05, 0) is 17.7 Å². The van der Waals surface area contributed by atoms with E-state index in [1.165, 1.54) is 24.8 Å². The van der Waals surface area contributed by atoms with Gasteiger partial charge in [0.2, 0.25) is 5.91 Å². The molecule has 30 heavy (non-hydrogen) atoms. The molecule has 2 aromatic rings. The minimum Gasteiger partial charge on any atom is -0.496 e. The van der Waals surface area contributed by atoms with Crippen molar-refractivity contribution in [2.45, 2.75) is 0 Å². The SMILES string of the molecule is COc1ccc(NC(=O)CN2CCN(C/C=C/c3ccccc3)CC2)c([N+](=O)[O-])c1. The number of methoxy groups -OCH3 is 1. The van der Waals surface area contributed by atoms with Crippen LogP contribution in [0.2, 0.25) is 0 Å². The number of anilines is 1. The van der Waals surface area contributed by atoms with Crippen molar-refractivity contribution in [1.82, 2.24) is 9.80 Å². The van der Waals surface area contributed by atoms with Crippen molar-refractivity contribution in [2.75, 3.05) is 51.7 Å². The van der Waals surface area contributed by atoms with Crippen LogP contribution in [0.4, 0.5) is 11.4 Å². The summed E-state index contributed by atoms with van der Waals surface area (Å²) in [4.78, 5) is 27.5. The lowest BCUT2D eigenvalue weighted by atomic mass is 10.2. The summed E-state index contributed by atoms with van der Waals surface area (Å²) >= 11 is 0. The van der Waals surface area contributed by atoms with Crippen LogP contribution < -0.4 is 10.1 Å². The van der Waals surface area contributed by atoms with Crippen LogP contribution in [0, 0.1) is 10.1 Å². The van der Waals surface area contributed by atoms with E-state index in [0.29, 0.717) is 5.75 Å². The first-order valence-electron chi connectivity index (χ1n) is 9.84. The van der Waals surface area contributed by atoms with Gasteiger partial charge in [-0.2, -0.15) is 0 Å². The van der Waals surface area contributed by atoms with Crippen LogP contribution >= 0.6 is 0 Å². The van der Waals surface area contributed by atoms with E-state index in [1.807, 2.05) is 18.2 Å². The molecule has 1 amide bonds. The minimum absolute atomic E-state index is 0.176. The Bertz CT molecular complexity index is 893. The van der Waals surface area contributed by atoms with Gasteiger partial charge in [0, 0.05) is 32.7 Å². The van der Waals surface area contributed by atoms with Gasteiger partial charge in [-0.25, -0.2) is 0 Å². The lowest BCUT2D eigenvalue weighted by Gasteiger charge is -2.33. The number of nitro groups is 1. The average Bonchev–Trinajstić information content (AvgIpc) is 2.76. The molecule has 0 unspecified atom stereocenters. The lowest BCUT2D eigenvalue weighted by Crippen LogP contribution is -2.48. The first kappa shape index (κ1) is 21.5. The van der Waals surface area contributed by atoms with Crippen LogP contribution in [-0.2, 0) is 4.79 Å². The minimum atomic E-state index is -0.528. The molecule has 0 aromatic heterocycles. The maximum atomic E-state index is 12.4. The molecule has 1 heterocycles. The Hall–Kier alpha value is -3.23. The number of benzene rings is 2. The highest BCUT2D eigenvalue weighted by atomic mass is 16.6. The third kappa shape index (κ3) is 6.13. The van der Waals surface area contributed by atoms with E-state index in [0.717, 1.165) is 32.7 Å². The zero-order chi connectivity index (χ0) is 21.3. The highest BCUT2D eigenvalue weighted by Gasteiger charge is 2.21. The Morgan fingerprint density at radius 3 is 2.50 bits per heavy atom. The van der Waals surface area contributed by atoms with E-state index in [1.54, 1.807) is 6.07 Å². The Balaban J connectivity index is 1.45. The van der Waals surface area contributed by atoms with Gasteiger partial charge in [0.05, 0.1) is 24.6 Å². The van der Waals surface area contributed by atoms with E-state index in [9.17, 15) is 14.9 Å². The zero-order valence-corrected chi connectivity index (χ0v) is 17.0. The molecule has 2 aromatic carbocycles. The van der Waals surface area contributed by atoms with Crippen molar-refractivity contribution >= 4 is 23.4 Å². The summed E-state index contributed by atoms with van der Waals surface area (Å²) < 4.78 is 5.01. The van der Waals surface area contributed by atoms with Crippen molar-refractivity contribution in [1.29, 1.82) is 0 Å². The lowest BCUT2D eigenvalue weighted by molar-refractivity contribution is -0.384. The van der Waals surface area contributed by atoms with Gasteiger partial charge in [-0.15, -0.1) is 0 Å². The van der Waals surface area contributed by atoms with Gasteiger partial charge in [0.1, 0.15) is 11.4 Å². The number of nitrogens with zero attached hydrogens (tertiary/aromatic N) is 3. The molecule has 0 saturated carbocycles.